The summed E-state index contributed by atoms with van der Waals surface area (Å²) in [5.41, 5.74) is 14.5. The van der Waals surface area contributed by atoms with Gasteiger partial charge in [-0.2, -0.15) is 0 Å². The van der Waals surface area contributed by atoms with Gasteiger partial charge in [0.1, 0.15) is 5.82 Å². The smallest absolute Gasteiger partial charge is 0.230 e. The SMILES string of the molecule is C=C[Si](C)(C)O[Si](C)(C=C)C=C1N(c2c(C(C)C)cccc2C(C)C)C=CN1c1c(C(C)C)cccc1C(C)C. The molecule has 1 atom stereocenters. The summed E-state index contributed by atoms with van der Waals surface area (Å²) >= 11 is 0. The Morgan fingerprint density at radius 2 is 0.975 bits per heavy atom. The minimum absolute atomic E-state index is 0.387. The maximum atomic E-state index is 6.95. The fourth-order valence-corrected chi connectivity index (χ4v) is 11.8. The Balaban J connectivity index is 2.40. The lowest BCUT2D eigenvalue weighted by molar-refractivity contribution is 0.576. The van der Waals surface area contributed by atoms with Crippen LogP contribution in [0.3, 0.4) is 0 Å². The van der Waals surface area contributed by atoms with Crippen LogP contribution >= 0.6 is 0 Å². The highest BCUT2D eigenvalue weighted by Gasteiger charge is 2.37. The number of hydrogen-bond donors (Lipinski definition) is 0. The van der Waals surface area contributed by atoms with Gasteiger partial charge in [-0.1, -0.05) is 103 Å². The van der Waals surface area contributed by atoms with Crippen LogP contribution in [-0.2, 0) is 4.12 Å². The van der Waals surface area contributed by atoms with E-state index in [4.69, 9.17) is 4.12 Å². The summed E-state index contributed by atoms with van der Waals surface area (Å²) in [5.74, 6) is 2.68. The van der Waals surface area contributed by atoms with Crippen LogP contribution in [0.4, 0.5) is 11.4 Å². The van der Waals surface area contributed by atoms with Crippen LogP contribution in [0.25, 0.3) is 0 Å². The molecule has 0 saturated carbocycles. The molecule has 5 heteroatoms. The minimum atomic E-state index is -2.50. The van der Waals surface area contributed by atoms with Crippen LogP contribution in [-0.4, -0.2) is 16.6 Å². The van der Waals surface area contributed by atoms with Gasteiger partial charge in [-0.25, -0.2) is 0 Å². The van der Waals surface area contributed by atoms with Gasteiger partial charge >= 0.3 is 0 Å². The second-order valence-electron chi connectivity index (χ2n) is 13.0. The van der Waals surface area contributed by atoms with Crippen molar-refractivity contribution in [2.75, 3.05) is 9.80 Å². The molecule has 0 N–H and O–H groups in total. The Bertz CT molecular complexity index is 1160. The molecule has 2 aromatic carbocycles. The van der Waals surface area contributed by atoms with Crippen molar-refractivity contribution in [3.05, 3.63) is 107 Å². The molecule has 0 spiro atoms. The maximum Gasteiger partial charge on any atom is 0.230 e. The first kappa shape index (κ1) is 31.9. The quantitative estimate of drug-likeness (QED) is 0.249. The van der Waals surface area contributed by atoms with E-state index in [1.165, 1.54) is 33.6 Å². The molecule has 0 fully saturated rings. The van der Waals surface area contributed by atoms with Crippen molar-refractivity contribution in [3.63, 3.8) is 0 Å². The van der Waals surface area contributed by atoms with Crippen molar-refractivity contribution in [1.29, 1.82) is 0 Å². The lowest BCUT2D eigenvalue weighted by Gasteiger charge is -2.36. The van der Waals surface area contributed by atoms with Gasteiger partial charge in [-0.15, -0.1) is 13.2 Å². The average molecular weight is 573 g/mol. The molecular weight excluding hydrogens is 521 g/mol. The summed E-state index contributed by atoms with van der Waals surface area (Å²) in [6.07, 6.45) is 4.52. The first-order valence-corrected chi connectivity index (χ1v) is 20.4. The predicted octanol–water partition coefficient (Wildman–Crippen LogP) is 10.6. The molecule has 216 valence electrons. The number of nitrogens with zero attached hydrogens (tertiary/aromatic N) is 2. The Kier molecular flexibility index (Phi) is 9.97. The van der Waals surface area contributed by atoms with Crippen LogP contribution in [0.15, 0.2) is 84.9 Å². The van der Waals surface area contributed by atoms with Gasteiger partial charge in [-0.3, -0.25) is 0 Å². The zero-order chi connectivity index (χ0) is 30.0. The Morgan fingerprint density at radius 3 is 1.25 bits per heavy atom. The van der Waals surface area contributed by atoms with Crippen molar-refractivity contribution < 1.29 is 4.12 Å². The second kappa shape index (κ2) is 12.5. The fourth-order valence-electron chi connectivity index (χ4n) is 5.49. The second-order valence-corrected chi connectivity index (χ2v) is 20.5. The number of hydrogen-bond acceptors (Lipinski definition) is 3. The molecule has 1 heterocycles. The highest BCUT2D eigenvalue weighted by molar-refractivity contribution is 6.92. The van der Waals surface area contributed by atoms with Crippen molar-refractivity contribution in [1.82, 2.24) is 0 Å². The number of anilines is 2. The topological polar surface area (TPSA) is 15.7 Å². The molecule has 0 aliphatic carbocycles. The van der Waals surface area contributed by atoms with Gasteiger partial charge < -0.3 is 13.9 Å². The molecule has 0 saturated heterocycles. The van der Waals surface area contributed by atoms with Crippen LogP contribution < -0.4 is 9.80 Å². The molecule has 2 aromatic rings. The van der Waals surface area contributed by atoms with Gasteiger partial charge in [-0.05, 0) is 71.3 Å². The van der Waals surface area contributed by atoms with E-state index in [2.05, 4.69) is 158 Å². The molecule has 1 unspecified atom stereocenters. The van der Waals surface area contributed by atoms with E-state index >= 15 is 0 Å². The number of benzene rings is 2. The first-order valence-electron chi connectivity index (χ1n) is 14.9. The molecule has 3 rings (SSSR count). The van der Waals surface area contributed by atoms with E-state index in [9.17, 15) is 0 Å². The molecule has 1 aliphatic rings. The lowest BCUT2D eigenvalue weighted by Crippen LogP contribution is -2.44. The third kappa shape index (κ3) is 6.64. The van der Waals surface area contributed by atoms with Crippen molar-refractivity contribution in [2.45, 2.75) is 98.7 Å². The molecule has 0 amide bonds. The van der Waals surface area contributed by atoms with E-state index in [-0.39, 0.29) is 0 Å². The fraction of sp³-hybridized carbons (Fsp3) is 0.429. The molecule has 0 aromatic heterocycles. The lowest BCUT2D eigenvalue weighted by atomic mass is 9.91. The zero-order valence-electron chi connectivity index (χ0n) is 26.9. The summed E-state index contributed by atoms with van der Waals surface area (Å²) in [5, 5.41) is 0. The Morgan fingerprint density at radius 1 is 0.625 bits per heavy atom. The standard InChI is InChI=1S/C35H52N2OSi2/c1-14-39(11,12)38-40(13,15-2)24-33-36(34-29(25(3)4)18-16-19-30(34)26(5)6)22-23-37(33)35-31(27(7)8)20-17-21-32(35)28(9)10/h14-28H,1-2H2,3-13H3. The molecule has 1 aliphatic heterocycles. The highest BCUT2D eigenvalue weighted by Crippen LogP contribution is 2.45. The van der Waals surface area contributed by atoms with Crippen molar-refractivity contribution in [2.24, 2.45) is 0 Å². The molecule has 0 bridgehead atoms. The monoisotopic (exact) mass is 572 g/mol. The first-order chi connectivity index (χ1) is 18.7. The molecule has 0 radical (unpaired) electrons. The van der Waals surface area contributed by atoms with Gasteiger partial charge in [0, 0.05) is 12.4 Å². The van der Waals surface area contributed by atoms with E-state index < -0.39 is 16.6 Å². The van der Waals surface area contributed by atoms with Gasteiger partial charge in [0.25, 0.3) is 0 Å². The van der Waals surface area contributed by atoms with Crippen molar-refractivity contribution in [3.8, 4) is 0 Å². The molecule has 40 heavy (non-hydrogen) atoms. The van der Waals surface area contributed by atoms with Gasteiger partial charge in [0.05, 0.1) is 11.4 Å². The van der Waals surface area contributed by atoms with Crippen molar-refractivity contribution >= 4 is 28.0 Å². The molecular formula is C35H52N2OSi2. The number of rotatable bonds is 11. The largest absolute Gasteiger partial charge is 0.446 e. The number of para-hydroxylation sites is 2. The van der Waals surface area contributed by atoms with E-state index in [0.29, 0.717) is 23.7 Å². The third-order valence-corrected chi connectivity index (χ3v) is 14.3. The van der Waals surface area contributed by atoms with Crippen LogP contribution in [0, 0.1) is 0 Å². The summed E-state index contributed by atoms with van der Waals surface area (Å²) in [6, 6.07) is 13.6. The zero-order valence-corrected chi connectivity index (χ0v) is 28.9. The third-order valence-electron chi connectivity index (χ3n) is 7.82. The van der Waals surface area contributed by atoms with Crippen LogP contribution in [0.5, 0.6) is 0 Å². The average Bonchev–Trinajstić information content (AvgIpc) is 3.29. The maximum absolute atomic E-state index is 6.95. The summed E-state index contributed by atoms with van der Waals surface area (Å²) in [7, 11) is -4.57. The highest BCUT2D eigenvalue weighted by atomic mass is 28.4. The predicted molar refractivity (Wildman–Crippen MR) is 182 cm³/mol. The summed E-state index contributed by atoms with van der Waals surface area (Å²) in [4.78, 5) is 4.85. The van der Waals surface area contributed by atoms with Gasteiger partial charge in [0.2, 0.25) is 8.32 Å². The van der Waals surface area contributed by atoms with E-state index in [1.54, 1.807) is 0 Å². The van der Waals surface area contributed by atoms with E-state index in [1.807, 2.05) is 5.70 Å². The molecule has 3 nitrogen and oxygen atoms in total. The minimum Gasteiger partial charge on any atom is -0.446 e. The Labute approximate surface area is 247 Å². The normalized spacial score (nSPS) is 15.5. The summed E-state index contributed by atoms with van der Waals surface area (Å²) < 4.78 is 6.95. The summed E-state index contributed by atoms with van der Waals surface area (Å²) in [6.45, 7) is 33.4. The van der Waals surface area contributed by atoms with Gasteiger partial charge in [0.15, 0.2) is 8.32 Å². The van der Waals surface area contributed by atoms with E-state index in [0.717, 1.165) is 5.82 Å². The van der Waals surface area contributed by atoms with Crippen LogP contribution in [0.2, 0.25) is 19.6 Å². The Hall–Kier alpha value is -2.61. The van der Waals surface area contributed by atoms with Crippen LogP contribution in [0.1, 0.15) is 101 Å².